The average Bonchev–Trinajstić information content (AvgIpc) is 3.47. The molecule has 0 aliphatic rings. The van der Waals surface area contributed by atoms with Crippen LogP contribution in [0.25, 0.3) is 16.9 Å². The molecule has 1 amide bonds. The van der Waals surface area contributed by atoms with Gasteiger partial charge >= 0.3 is 6.18 Å². The maximum absolute atomic E-state index is 13.6. The summed E-state index contributed by atoms with van der Waals surface area (Å²) in [6.07, 6.45) is 1.15. The number of carbonyl (C=O) groups is 1. The number of amides is 1. The van der Waals surface area contributed by atoms with Crippen molar-refractivity contribution in [1.82, 2.24) is 29.5 Å². The molecule has 2 N–H and O–H groups in total. The Morgan fingerprint density at radius 3 is 2.69 bits per heavy atom. The summed E-state index contributed by atoms with van der Waals surface area (Å²) in [5.41, 5.74) is 0.805. The zero-order valence-electron chi connectivity index (χ0n) is 18.8. The number of anilines is 2. The van der Waals surface area contributed by atoms with Crippen molar-refractivity contribution in [3.8, 4) is 23.4 Å². The highest BCUT2D eigenvalue weighted by atomic mass is 19.4. The molecule has 0 atom stereocenters. The molecule has 4 rings (SSSR count). The molecule has 0 aliphatic carbocycles. The lowest BCUT2D eigenvalue weighted by Gasteiger charge is -2.12. The number of imidazole rings is 1. The summed E-state index contributed by atoms with van der Waals surface area (Å²) >= 11 is 0. The van der Waals surface area contributed by atoms with E-state index in [9.17, 15) is 18.0 Å². The molecule has 0 unspecified atom stereocenters. The van der Waals surface area contributed by atoms with Gasteiger partial charge in [-0.1, -0.05) is 6.92 Å². The van der Waals surface area contributed by atoms with Crippen molar-refractivity contribution in [2.45, 2.75) is 26.1 Å². The highest BCUT2D eigenvalue weighted by Crippen LogP contribution is 2.37. The van der Waals surface area contributed by atoms with Crippen LogP contribution in [-0.2, 0) is 19.1 Å². The van der Waals surface area contributed by atoms with Gasteiger partial charge in [0.05, 0.1) is 29.6 Å². The Hall–Kier alpha value is -4.91. The number of alkyl halides is 3. The van der Waals surface area contributed by atoms with Crippen molar-refractivity contribution >= 4 is 23.1 Å². The second kappa shape index (κ2) is 9.76. The number of fused-ring (bicyclic) bond motifs is 1. The summed E-state index contributed by atoms with van der Waals surface area (Å²) < 4.78 is 43.3. The number of aryl methyl sites for hydroxylation is 1. The van der Waals surface area contributed by atoms with Gasteiger partial charge in [0.2, 0.25) is 0 Å². The Bertz CT molecular complexity index is 1520. The minimum absolute atomic E-state index is 0.110. The summed E-state index contributed by atoms with van der Waals surface area (Å²) in [7, 11) is 0. The zero-order chi connectivity index (χ0) is 25.9. The number of halogens is 3. The highest BCUT2D eigenvalue weighted by molar-refractivity contribution is 5.96. The van der Waals surface area contributed by atoms with Gasteiger partial charge in [-0.05, 0) is 30.2 Å². The Morgan fingerprint density at radius 2 is 2.00 bits per heavy atom. The molecular weight excluding hydrogens is 475 g/mol. The van der Waals surface area contributed by atoms with Gasteiger partial charge in [0.15, 0.2) is 17.2 Å². The maximum Gasteiger partial charge on any atom is 0.435 e. The van der Waals surface area contributed by atoms with Gasteiger partial charge in [-0.2, -0.15) is 28.8 Å². The topological polar surface area (TPSA) is 137 Å². The molecule has 0 saturated heterocycles. The molecule has 0 radical (unpaired) electrons. The summed E-state index contributed by atoms with van der Waals surface area (Å²) in [5, 5.41) is 26.7. The quantitative estimate of drug-likeness (QED) is 0.375. The number of nitriles is 2. The van der Waals surface area contributed by atoms with E-state index in [1.54, 1.807) is 24.3 Å². The molecule has 13 heteroatoms. The van der Waals surface area contributed by atoms with E-state index in [1.807, 2.05) is 13.0 Å². The van der Waals surface area contributed by atoms with Crippen molar-refractivity contribution in [1.29, 1.82) is 10.5 Å². The lowest BCUT2D eigenvalue weighted by Crippen LogP contribution is -2.24. The van der Waals surface area contributed by atoms with Gasteiger partial charge in [0, 0.05) is 29.8 Å². The molecule has 0 bridgehead atoms. The third kappa shape index (κ3) is 4.67. The van der Waals surface area contributed by atoms with Crippen molar-refractivity contribution in [2.75, 3.05) is 11.9 Å². The van der Waals surface area contributed by atoms with E-state index >= 15 is 0 Å². The standard InChI is InChI=1S/C23H18F3N9O/c1-2-14-11-15(3-4-16(14)22(36)30-7-5-27)32-20-21-31-12-18(35(21)10-8-29-20)17-13-34(9-6-28)33-19(17)23(24,25)26/h3-4,8,10-13H,2,7,9H2,1H3,(H,29,32)(H,30,36). The first-order chi connectivity index (χ1) is 17.3. The first-order valence-electron chi connectivity index (χ1n) is 10.7. The highest BCUT2D eigenvalue weighted by Gasteiger charge is 2.38. The summed E-state index contributed by atoms with van der Waals surface area (Å²) in [6, 6.07) is 8.66. The summed E-state index contributed by atoms with van der Waals surface area (Å²) in [6.45, 7) is 1.44. The minimum Gasteiger partial charge on any atom is -0.339 e. The van der Waals surface area contributed by atoms with Gasteiger partial charge in [-0.3, -0.25) is 13.9 Å². The third-order valence-electron chi connectivity index (χ3n) is 5.29. The van der Waals surface area contributed by atoms with E-state index in [0.29, 0.717) is 17.7 Å². The van der Waals surface area contributed by atoms with Gasteiger partial charge in [-0.25, -0.2) is 9.97 Å². The Balaban J connectivity index is 1.71. The summed E-state index contributed by atoms with van der Waals surface area (Å²) in [4.78, 5) is 20.8. The maximum atomic E-state index is 13.6. The predicted molar refractivity (Wildman–Crippen MR) is 122 cm³/mol. The van der Waals surface area contributed by atoms with Crippen molar-refractivity contribution < 1.29 is 18.0 Å². The van der Waals surface area contributed by atoms with Crippen LogP contribution in [0.4, 0.5) is 24.7 Å². The van der Waals surface area contributed by atoms with E-state index in [4.69, 9.17) is 10.5 Å². The molecule has 10 nitrogen and oxygen atoms in total. The van der Waals surface area contributed by atoms with E-state index < -0.39 is 11.9 Å². The zero-order valence-corrected chi connectivity index (χ0v) is 18.8. The van der Waals surface area contributed by atoms with Crippen molar-refractivity contribution in [3.63, 3.8) is 0 Å². The van der Waals surface area contributed by atoms with Gasteiger partial charge in [0.25, 0.3) is 5.91 Å². The largest absolute Gasteiger partial charge is 0.435 e. The third-order valence-corrected chi connectivity index (χ3v) is 5.29. The molecule has 36 heavy (non-hydrogen) atoms. The Labute approximate surface area is 202 Å². The summed E-state index contributed by atoms with van der Waals surface area (Å²) in [5.74, 6) is -0.0825. The lowest BCUT2D eigenvalue weighted by atomic mass is 10.0. The van der Waals surface area contributed by atoms with Gasteiger partial charge in [-0.15, -0.1) is 0 Å². The van der Waals surface area contributed by atoms with E-state index in [1.165, 1.54) is 23.0 Å². The Kier molecular flexibility index (Phi) is 6.56. The van der Waals surface area contributed by atoms with Crippen LogP contribution in [0.2, 0.25) is 0 Å². The fourth-order valence-electron chi connectivity index (χ4n) is 3.72. The molecule has 0 fully saturated rings. The number of carbonyl (C=O) groups excluding carboxylic acids is 1. The number of nitrogens with one attached hydrogen (secondary N) is 2. The van der Waals surface area contributed by atoms with Crippen molar-refractivity contribution in [3.05, 3.63) is 59.8 Å². The first-order valence-corrected chi connectivity index (χ1v) is 10.7. The van der Waals surface area contributed by atoms with Crippen LogP contribution < -0.4 is 10.6 Å². The van der Waals surface area contributed by atoms with Gasteiger partial charge < -0.3 is 10.6 Å². The average molecular weight is 493 g/mol. The molecule has 0 saturated carbocycles. The molecule has 0 aliphatic heterocycles. The van der Waals surface area contributed by atoms with E-state index in [0.717, 1.165) is 16.4 Å². The number of aromatic nitrogens is 5. The van der Waals surface area contributed by atoms with Crippen molar-refractivity contribution in [2.24, 2.45) is 0 Å². The molecule has 3 aromatic heterocycles. The molecule has 4 aromatic rings. The van der Waals surface area contributed by atoms with E-state index in [-0.39, 0.29) is 41.7 Å². The number of rotatable bonds is 7. The SMILES string of the molecule is CCc1cc(Nc2nccn3c(-c4cn(CC#N)nc4C(F)(F)F)cnc23)ccc1C(=O)NCC#N. The normalized spacial score (nSPS) is 11.2. The fraction of sp³-hybridized carbons (Fsp3) is 0.217. The molecule has 0 spiro atoms. The van der Waals surface area contributed by atoms with Crippen LogP contribution in [0.1, 0.15) is 28.5 Å². The number of hydrogen-bond donors (Lipinski definition) is 2. The monoisotopic (exact) mass is 493 g/mol. The number of nitrogens with zero attached hydrogens (tertiary/aromatic N) is 7. The number of hydrogen-bond acceptors (Lipinski definition) is 7. The van der Waals surface area contributed by atoms with Crippen LogP contribution in [0, 0.1) is 22.7 Å². The molecule has 1 aromatic carbocycles. The van der Waals surface area contributed by atoms with Crippen LogP contribution in [0.15, 0.2) is 43.0 Å². The van der Waals surface area contributed by atoms with E-state index in [2.05, 4.69) is 25.7 Å². The fourth-order valence-corrected chi connectivity index (χ4v) is 3.72. The molecular formula is C23H18F3N9O. The second-order valence-corrected chi connectivity index (χ2v) is 7.55. The van der Waals surface area contributed by atoms with Gasteiger partial charge in [0.1, 0.15) is 13.1 Å². The first kappa shape index (κ1) is 24.2. The second-order valence-electron chi connectivity index (χ2n) is 7.55. The Morgan fingerprint density at radius 1 is 1.19 bits per heavy atom. The number of benzene rings is 1. The minimum atomic E-state index is -4.73. The molecule has 3 heterocycles. The van der Waals surface area contributed by atoms with Crippen LogP contribution >= 0.6 is 0 Å². The lowest BCUT2D eigenvalue weighted by molar-refractivity contribution is -0.141. The van der Waals surface area contributed by atoms with Crippen LogP contribution in [-0.4, -0.2) is 36.6 Å². The van der Waals surface area contributed by atoms with Crippen LogP contribution in [0.5, 0.6) is 0 Å². The smallest absolute Gasteiger partial charge is 0.339 e. The predicted octanol–water partition coefficient (Wildman–Crippen LogP) is 3.69. The van der Waals surface area contributed by atoms with Crippen LogP contribution in [0.3, 0.4) is 0 Å². The molecule has 182 valence electrons.